The summed E-state index contributed by atoms with van der Waals surface area (Å²) >= 11 is 5.87. The minimum absolute atomic E-state index is 0.487. The lowest BCUT2D eigenvalue weighted by molar-refractivity contribution is 0.160. The summed E-state index contributed by atoms with van der Waals surface area (Å²) in [7, 11) is 0. The number of nitrogens with zero attached hydrogens (tertiary/aromatic N) is 3. The van der Waals surface area contributed by atoms with Gasteiger partial charge >= 0.3 is 0 Å². The van der Waals surface area contributed by atoms with E-state index in [1.807, 2.05) is 24.3 Å². The molecule has 0 bridgehead atoms. The predicted octanol–water partition coefficient (Wildman–Crippen LogP) is 2.18. The molecule has 106 valence electrons. The van der Waals surface area contributed by atoms with Crippen LogP contribution in [-0.2, 0) is 6.54 Å². The quantitative estimate of drug-likeness (QED) is 0.940. The van der Waals surface area contributed by atoms with E-state index in [1.165, 1.54) is 0 Å². The zero-order valence-electron chi connectivity index (χ0n) is 11.3. The molecule has 0 aliphatic carbocycles. The molecule has 2 aromatic rings. The average molecular weight is 293 g/mol. The molecule has 0 amide bonds. The van der Waals surface area contributed by atoms with E-state index in [0.29, 0.717) is 17.0 Å². The fraction of sp³-hybridized carbons (Fsp3) is 0.429. The molecular weight excluding hydrogens is 276 g/mol. The van der Waals surface area contributed by atoms with E-state index in [1.54, 1.807) is 0 Å². The second-order valence-electron chi connectivity index (χ2n) is 5.05. The van der Waals surface area contributed by atoms with Gasteiger partial charge in [0.05, 0.1) is 6.54 Å². The van der Waals surface area contributed by atoms with Crippen molar-refractivity contribution >= 4 is 11.6 Å². The van der Waals surface area contributed by atoms with Crippen LogP contribution in [0.4, 0.5) is 0 Å². The largest absolute Gasteiger partial charge is 0.334 e. The van der Waals surface area contributed by atoms with E-state index < -0.39 is 0 Å². The monoisotopic (exact) mass is 292 g/mol. The standard InChI is InChI=1S/C14H17ClN4O/c1-10-8-16-6-7-19(10)9-13-17-14(20-18-13)11-2-4-12(15)5-3-11/h2-5,10,16H,6-9H2,1H3/t10-/m0/s1. The van der Waals surface area contributed by atoms with Gasteiger partial charge in [-0.2, -0.15) is 4.98 Å². The summed E-state index contributed by atoms with van der Waals surface area (Å²) in [6.45, 7) is 5.94. The third kappa shape index (κ3) is 3.00. The molecule has 0 saturated carbocycles. The topological polar surface area (TPSA) is 54.2 Å². The Morgan fingerprint density at radius 2 is 2.20 bits per heavy atom. The Labute approximate surface area is 122 Å². The number of aromatic nitrogens is 2. The number of hydrogen-bond donors (Lipinski definition) is 1. The molecule has 1 N–H and O–H groups in total. The van der Waals surface area contributed by atoms with Crippen LogP contribution < -0.4 is 5.32 Å². The molecule has 0 radical (unpaired) electrons. The minimum atomic E-state index is 0.487. The maximum absolute atomic E-state index is 5.87. The highest BCUT2D eigenvalue weighted by atomic mass is 35.5. The Balaban J connectivity index is 1.71. The fourth-order valence-corrected chi connectivity index (χ4v) is 2.45. The molecule has 5 nitrogen and oxygen atoms in total. The van der Waals surface area contributed by atoms with Crippen molar-refractivity contribution in [2.45, 2.75) is 19.5 Å². The summed E-state index contributed by atoms with van der Waals surface area (Å²) in [6.07, 6.45) is 0. The minimum Gasteiger partial charge on any atom is -0.334 e. The van der Waals surface area contributed by atoms with Crippen LogP contribution in [0.1, 0.15) is 12.7 Å². The molecule has 1 saturated heterocycles. The number of piperazine rings is 1. The van der Waals surface area contributed by atoms with Crippen molar-refractivity contribution in [3.05, 3.63) is 35.1 Å². The first kappa shape index (κ1) is 13.5. The van der Waals surface area contributed by atoms with E-state index in [0.717, 1.165) is 37.6 Å². The highest BCUT2D eigenvalue weighted by molar-refractivity contribution is 6.30. The van der Waals surface area contributed by atoms with E-state index in [9.17, 15) is 0 Å². The number of benzene rings is 1. The van der Waals surface area contributed by atoms with Gasteiger partial charge in [-0.3, -0.25) is 4.90 Å². The van der Waals surface area contributed by atoms with E-state index in [4.69, 9.17) is 16.1 Å². The molecule has 1 aromatic heterocycles. The number of halogens is 1. The van der Waals surface area contributed by atoms with Gasteiger partial charge in [-0.15, -0.1) is 0 Å². The van der Waals surface area contributed by atoms with Gasteiger partial charge in [0, 0.05) is 36.3 Å². The fourth-order valence-electron chi connectivity index (χ4n) is 2.33. The van der Waals surface area contributed by atoms with Crippen LogP contribution in [0, 0.1) is 0 Å². The van der Waals surface area contributed by atoms with Gasteiger partial charge in [0.15, 0.2) is 5.82 Å². The first-order chi connectivity index (χ1) is 9.72. The van der Waals surface area contributed by atoms with Crippen LogP contribution in [0.3, 0.4) is 0 Å². The van der Waals surface area contributed by atoms with Gasteiger partial charge < -0.3 is 9.84 Å². The van der Waals surface area contributed by atoms with E-state index in [2.05, 4.69) is 27.3 Å². The molecule has 0 unspecified atom stereocenters. The van der Waals surface area contributed by atoms with Crippen molar-refractivity contribution in [3.63, 3.8) is 0 Å². The Morgan fingerprint density at radius 1 is 1.40 bits per heavy atom. The normalized spacial score (nSPS) is 20.2. The molecule has 2 heterocycles. The molecule has 1 aliphatic rings. The Kier molecular flexibility index (Phi) is 4.00. The maximum atomic E-state index is 5.87. The summed E-state index contributed by atoms with van der Waals surface area (Å²) in [4.78, 5) is 6.81. The zero-order valence-corrected chi connectivity index (χ0v) is 12.1. The number of hydrogen-bond acceptors (Lipinski definition) is 5. The smallest absolute Gasteiger partial charge is 0.257 e. The average Bonchev–Trinajstić information content (AvgIpc) is 2.91. The van der Waals surface area contributed by atoms with Crippen molar-refractivity contribution in [1.82, 2.24) is 20.4 Å². The van der Waals surface area contributed by atoms with Crippen molar-refractivity contribution in [1.29, 1.82) is 0 Å². The lowest BCUT2D eigenvalue weighted by atomic mass is 10.2. The van der Waals surface area contributed by atoms with Gasteiger partial charge in [0.2, 0.25) is 0 Å². The summed E-state index contributed by atoms with van der Waals surface area (Å²) in [6, 6.07) is 7.89. The van der Waals surface area contributed by atoms with Crippen LogP contribution in [-0.4, -0.2) is 40.7 Å². The summed E-state index contributed by atoms with van der Waals surface area (Å²) in [5.41, 5.74) is 0.890. The lowest BCUT2D eigenvalue weighted by Gasteiger charge is -2.32. The highest BCUT2D eigenvalue weighted by Gasteiger charge is 2.20. The third-order valence-corrected chi connectivity index (χ3v) is 3.79. The van der Waals surface area contributed by atoms with Gasteiger partial charge in [-0.25, -0.2) is 0 Å². The number of rotatable bonds is 3. The second-order valence-corrected chi connectivity index (χ2v) is 5.48. The van der Waals surface area contributed by atoms with Crippen molar-refractivity contribution in [2.75, 3.05) is 19.6 Å². The molecule has 1 aliphatic heterocycles. The first-order valence-corrected chi connectivity index (χ1v) is 7.13. The Bertz CT molecular complexity index is 569. The molecular formula is C14H17ClN4O. The van der Waals surface area contributed by atoms with Crippen LogP contribution in [0.25, 0.3) is 11.5 Å². The van der Waals surface area contributed by atoms with Crippen LogP contribution >= 0.6 is 11.6 Å². The summed E-state index contributed by atoms with van der Waals surface area (Å²) in [5, 5.41) is 8.13. The van der Waals surface area contributed by atoms with Gasteiger partial charge in [-0.05, 0) is 31.2 Å². The second kappa shape index (κ2) is 5.91. The molecule has 6 heteroatoms. The van der Waals surface area contributed by atoms with Crippen LogP contribution in [0.5, 0.6) is 0 Å². The van der Waals surface area contributed by atoms with Crippen molar-refractivity contribution in [2.24, 2.45) is 0 Å². The van der Waals surface area contributed by atoms with Gasteiger partial charge in [0.25, 0.3) is 5.89 Å². The molecule has 3 rings (SSSR count). The predicted molar refractivity (Wildman–Crippen MR) is 77.5 cm³/mol. The Morgan fingerprint density at radius 3 is 2.95 bits per heavy atom. The lowest BCUT2D eigenvalue weighted by Crippen LogP contribution is -2.49. The molecule has 20 heavy (non-hydrogen) atoms. The third-order valence-electron chi connectivity index (χ3n) is 3.54. The van der Waals surface area contributed by atoms with E-state index >= 15 is 0 Å². The van der Waals surface area contributed by atoms with E-state index in [-0.39, 0.29) is 0 Å². The highest BCUT2D eigenvalue weighted by Crippen LogP contribution is 2.20. The molecule has 1 fully saturated rings. The SMILES string of the molecule is C[C@H]1CNCCN1Cc1noc(-c2ccc(Cl)cc2)n1. The van der Waals surface area contributed by atoms with Gasteiger partial charge in [-0.1, -0.05) is 16.8 Å². The Hall–Kier alpha value is -1.43. The van der Waals surface area contributed by atoms with Crippen molar-refractivity contribution in [3.8, 4) is 11.5 Å². The molecule has 0 spiro atoms. The zero-order chi connectivity index (χ0) is 13.9. The van der Waals surface area contributed by atoms with Crippen molar-refractivity contribution < 1.29 is 4.52 Å². The van der Waals surface area contributed by atoms with Crippen LogP contribution in [0.15, 0.2) is 28.8 Å². The first-order valence-electron chi connectivity index (χ1n) is 6.75. The van der Waals surface area contributed by atoms with Gasteiger partial charge in [0.1, 0.15) is 0 Å². The molecule has 1 atom stereocenters. The summed E-state index contributed by atoms with van der Waals surface area (Å²) in [5.74, 6) is 1.27. The number of nitrogens with one attached hydrogen (secondary N) is 1. The maximum Gasteiger partial charge on any atom is 0.257 e. The molecule has 1 aromatic carbocycles. The van der Waals surface area contributed by atoms with Crippen LogP contribution in [0.2, 0.25) is 5.02 Å². The summed E-state index contributed by atoms with van der Waals surface area (Å²) < 4.78 is 5.32.